The van der Waals surface area contributed by atoms with Crippen LogP contribution in [-0.2, 0) is 19.1 Å². The summed E-state index contributed by atoms with van der Waals surface area (Å²) in [6, 6.07) is 0. The fourth-order valence-corrected chi connectivity index (χ4v) is 15.7. The molecule has 0 unspecified atom stereocenters. The van der Waals surface area contributed by atoms with Crippen molar-refractivity contribution < 1.29 is 19.1 Å². The number of esters is 2. The van der Waals surface area contributed by atoms with Crippen LogP contribution in [0.15, 0.2) is 0 Å². The van der Waals surface area contributed by atoms with Gasteiger partial charge in [0.1, 0.15) is 0 Å². The average Bonchev–Trinajstić information content (AvgIpc) is 3.15. The van der Waals surface area contributed by atoms with Crippen LogP contribution in [0.4, 0.5) is 0 Å². The normalized spacial score (nSPS) is 16.8. The van der Waals surface area contributed by atoms with Crippen molar-refractivity contribution in [1.82, 2.24) is 0 Å². The van der Waals surface area contributed by atoms with Gasteiger partial charge in [-0.25, -0.2) is 0 Å². The van der Waals surface area contributed by atoms with E-state index in [0.717, 1.165) is 77.0 Å². The van der Waals surface area contributed by atoms with Crippen molar-refractivity contribution in [2.45, 2.75) is 291 Å². The monoisotopic (exact) mass is 851 g/mol. The first-order valence-electron chi connectivity index (χ1n) is 24.3. The van der Waals surface area contributed by atoms with Crippen LogP contribution >= 0.6 is 0 Å². The van der Waals surface area contributed by atoms with E-state index in [1.807, 2.05) is 0 Å². The number of carbonyl (C=O) groups excluding carboxylic acids is 2. The minimum absolute atomic E-state index is 0.0255. The fourth-order valence-electron chi connectivity index (χ4n) is 8.99. The summed E-state index contributed by atoms with van der Waals surface area (Å²) < 4.78 is 12.5. The van der Waals surface area contributed by atoms with E-state index in [2.05, 4.69) is 13.8 Å². The quantitative estimate of drug-likeness (QED) is 0.0358. The molecule has 0 N–H and O–H groups in total. The molecule has 53 heavy (non-hydrogen) atoms. The first-order valence-corrected chi connectivity index (χ1v) is 27.1. The van der Waals surface area contributed by atoms with Crippen molar-refractivity contribution in [1.29, 1.82) is 0 Å². The molecule has 2 rings (SSSR count). The maximum absolute atomic E-state index is 13.3. The van der Waals surface area contributed by atoms with Gasteiger partial charge in [-0.15, -0.1) is 0 Å². The molecule has 0 bridgehead atoms. The third-order valence-corrected chi connectivity index (χ3v) is 18.4. The van der Waals surface area contributed by atoms with E-state index in [1.165, 1.54) is 180 Å². The van der Waals surface area contributed by atoms with Crippen LogP contribution < -0.4 is 0 Å². The molecule has 310 valence electrons. The van der Waals surface area contributed by atoms with Gasteiger partial charge in [0.05, 0.1) is 0 Å². The number of unbranched alkanes of at least 4 members (excludes halogenated alkanes) is 28. The molecular weight excluding hydrogens is 759 g/mol. The summed E-state index contributed by atoms with van der Waals surface area (Å²) in [5.74, 6) is 0.0511. The summed E-state index contributed by atoms with van der Waals surface area (Å²) in [4.78, 5) is 26.6. The van der Waals surface area contributed by atoms with E-state index in [-0.39, 0.29) is 19.2 Å². The van der Waals surface area contributed by atoms with Gasteiger partial charge < -0.3 is 0 Å². The Morgan fingerprint density at radius 2 is 0.585 bits per heavy atom. The summed E-state index contributed by atoms with van der Waals surface area (Å²) >= 11 is -1.36. The first kappa shape index (κ1) is 48.9. The van der Waals surface area contributed by atoms with Gasteiger partial charge in [-0.3, -0.25) is 0 Å². The van der Waals surface area contributed by atoms with E-state index in [1.54, 1.807) is 0 Å². The molecule has 2 saturated carbocycles. The van der Waals surface area contributed by atoms with Gasteiger partial charge in [-0.05, 0) is 0 Å². The van der Waals surface area contributed by atoms with Gasteiger partial charge in [-0.2, -0.15) is 0 Å². The second-order valence-corrected chi connectivity index (χ2v) is 23.5. The van der Waals surface area contributed by atoms with Crippen LogP contribution in [0.1, 0.15) is 284 Å². The van der Waals surface area contributed by atoms with Crippen molar-refractivity contribution in [3.63, 3.8) is 0 Å². The molecule has 4 nitrogen and oxygen atoms in total. The predicted molar refractivity (Wildman–Crippen MR) is 229 cm³/mol. The van der Waals surface area contributed by atoms with Crippen molar-refractivity contribution in [3.05, 3.63) is 0 Å². The Morgan fingerprint density at radius 1 is 0.358 bits per heavy atom. The van der Waals surface area contributed by atoms with Gasteiger partial charge in [0.15, 0.2) is 0 Å². The first-order chi connectivity index (χ1) is 26.0. The zero-order valence-corrected chi connectivity index (χ0v) is 38.7. The number of hydrogen-bond donors (Lipinski definition) is 0. The van der Waals surface area contributed by atoms with Gasteiger partial charge in [0.2, 0.25) is 0 Å². The third-order valence-electron chi connectivity index (χ3n) is 12.4. The standard InChI is InChI=1S/2C24H45O2.Sn/c2*1-2-3-4-5-6-7-8-9-10-11-12-13-14-15-19-22-24(25)26-23-20-17-16-18-21-23;/h2*2-22H2,1H3;. The van der Waals surface area contributed by atoms with Gasteiger partial charge in [-0.1, -0.05) is 104 Å². The molecule has 5 heteroatoms. The number of carbonyl (C=O) groups is 2. The van der Waals surface area contributed by atoms with Crippen LogP contribution in [0.2, 0.25) is 0 Å². The summed E-state index contributed by atoms with van der Waals surface area (Å²) in [6.45, 7) is 4.58. The zero-order valence-electron chi connectivity index (χ0n) is 35.8. The van der Waals surface area contributed by atoms with Crippen LogP contribution in [0.3, 0.4) is 0 Å². The average molecular weight is 850 g/mol. The molecule has 0 aromatic heterocycles. The second kappa shape index (κ2) is 33.8. The minimum atomic E-state index is -1.36. The summed E-state index contributed by atoms with van der Waals surface area (Å²) in [6.07, 6.45) is 52.3. The third kappa shape index (κ3) is 26.3. The van der Waals surface area contributed by atoms with Crippen molar-refractivity contribution in [3.8, 4) is 0 Å². The van der Waals surface area contributed by atoms with Crippen LogP contribution in [0, 0.1) is 0 Å². The number of rotatable bonds is 36. The zero-order chi connectivity index (χ0) is 38.0. The molecule has 0 saturated heterocycles. The summed E-state index contributed by atoms with van der Waals surface area (Å²) in [7, 11) is 0. The van der Waals surface area contributed by atoms with E-state index < -0.39 is 21.1 Å². The van der Waals surface area contributed by atoms with Crippen molar-refractivity contribution in [2.75, 3.05) is 0 Å². The Morgan fingerprint density at radius 3 is 0.830 bits per heavy atom. The molecule has 2 aliphatic rings. The van der Waals surface area contributed by atoms with Gasteiger partial charge >= 0.3 is 239 Å². The van der Waals surface area contributed by atoms with Gasteiger partial charge in [0.25, 0.3) is 0 Å². The molecule has 0 aromatic rings. The molecule has 2 fully saturated rings. The van der Waals surface area contributed by atoms with Crippen molar-refractivity contribution >= 4 is 33.1 Å². The van der Waals surface area contributed by atoms with E-state index in [0.29, 0.717) is 12.8 Å². The Kier molecular flexibility index (Phi) is 31.2. The summed E-state index contributed by atoms with van der Waals surface area (Å²) in [5.41, 5.74) is 0. The van der Waals surface area contributed by atoms with Crippen LogP contribution in [0.5, 0.6) is 0 Å². The molecule has 2 aliphatic carbocycles. The molecule has 0 spiro atoms. The topological polar surface area (TPSA) is 52.6 Å². The van der Waals surface area contributed by atoms with Crippen LogP contribution in [0.25, 0.3) is 0 Å². The Hall–Kier alpha value is -0.261. The Labute approximate surface area is 341 Å². The van der Waals surface area contributed by atoms with Gasteiger partial charge in [0, 0.05) is 0 Å². The van der Waals surface area contributed by atoms with Crippen molar-refractivity contribution in [2.24, 2.45) is 0 Å². The Balaban J connectivity index is 1.60. The molecule has 2 radical (unpaired) electrons. The second-order valence-electron chi connectivity index (χ2n) is 17.6. The molecule has 0 aliphatic heterocycles. The van der Waals surface area contributed by atoms with E-state index in [4.69, 9.17) is 9.47 Å². The molecular formula is C48H90O4Sn. The predicted octanol–water partition coefficient (Wildman–Crippen LogP) is 15.6. The Bertz CT molecular complexity index is 778. The molecule has 0 heterocycles. The number of hydrogen-bond acceptors (Lipinski definition) is 4. The van der Waals surface area contributed by atoms with E-state index in [9.17, 15) is 9.59 Å². The summed E-state index contributed by atoms with van der Waals surface area (Å²) in [5, 5.41) is 0. The van der Waals surface area contributed by atoms with E-state index >= 15 is 0 Å². The maximum atomic E-state index is 13.3. The van der Waals surface area contributed by atoms with Crippen LogP contribution in [-0.4, -0.2) is 40.3 Å². The number of ether oxygens (including phenoxy) is 2. The molecule has 0 aromatic carbocycles. The molecule has 0 amide bonds. The molecule has 0 atom stereocenters. The fraction of sp³-hybridized carbons (Fsp3) is 0.958. The SMILES string of the molecule is CCCCCCCCCCCCCCCCCC(=O)O[C]1([Sn][C]2(OC(=O)CCCCCCCCCCCCCCCCC)CCCCC2)CCCCC1.